The maximum atomic E-state index is 13.6. The Labute approximate surface area is 202 Å². The van der Waals surface area contributed by atoms with Crippen LogP contribution in [0.1, 0.15) is 72.1 Å². The summed E-state index contributed by atoms with van der Waals surface area (Å²) >= 11 is 0. The summed E-state index contributed by atoms with van der Waals surface area (Å²) in [6.45, 7) is 7.90. The number of nitrogens with two attached hydrogens (primary N) is 1. The number of hydrogen-bond acceptors (Lipinski definition) is 8. The van der Waals surface area contributed by atoms with Gasteiger partial charge in [0.05, 0.1) is 6.54 Å². The van der Waals surface area contributed by atoms with Gasteiger partial charge in [-0.3, -0.25) is 34.5 Å². The molecule has 0 bridgehead atoms. The SMILES string of the molecule is CCCCC1(N)CN2CCC(C(=O)CNC3(CCCC)CN4CCC(C(C)=O)N4C3=O)N2C1=O. The number of nitrogens with zero attached hydrogens (tertiary/aromatic N) is 4. The van der Waals surface area contributed by atoms with Gasteiger partial charge in [0.1, 0.15) is 23.2 Å². The lowest BCUT2D eigenvalue weighted by atomic mass is 9.90. The van der Waals surface area contributed by atoms with E-state index in [-0.39, 0.29) is 29.9 Å². The summed E-state index contributed by atoms with van der Waals surface area (Å²) in [4.78, 5) is 52.2. The number of hydrogen-bond donors (Lipinski definition) is 2. The molecule has 10 nitrogen and oxygen atoms in total. The summed E-state index contributed by atoms with van der Waals surface area (Å²) in [6, 6.07) is -0.961. The Morgan fingerprint density at radius 2 is 1.53 bits per heavy atom. The van der Waals surface area contributed by atoms with Gasteiger partial charge in [0.15, 0.2) is 11.6 Å². The molecule has 0 aromatic carbocycles. The summed E-state index contributed by atoms with van der Waals surface area (Å²) in [5, 5.41) is 10.4. The summed E-state index contributed by atoms with van der Waals surface area (Å²) in [6.07, 6.45) is 6.06. The number of nitrogens with one attached hydrogen (secondary N) is 1. The molecule has 2 amide bonds. The molecule has 0 radical (unpaired) electrons. The summed E-state index contributed by atoms with van der Waals surface area (Å²) < 4.78 is 0. The van der Waals surface area contributed by atoms with Crippen LogP contribution in [0.4, 0.5) is 0 Å². The minimum absolute atomic E-state index is 0.00912. The maximum absolute atomic E-state index is 13.6. The summed E-state index contributed by atoms with van der Waals surface area (Å²) in [5.41, 5.74) is 4.65. The van der Waals surface area contributed by atoms with E-state index in [2.05, 4.69) is 19.2 Å². The van der Waals surface area contributed by atoms with Crippen LogP contribution >= 0.6 is 0 Å². The summed E-state index contributed by atoms with van der Waals surface area (Å²) in [5.74, 6) is -0.377. The Morgan fingerprint density at radius 1 is 0.941 bits per heavy atom. The standard InChI is InChI=1S/C24H40N6O4/c1-4-6-10-23(25)15-27-13-9-19(30(27)21(23)33)20(32)14-26-24(11-7-5-2)16-28-12-8-18(17(3)31)29(28)22(24)34/h18-19,26H,4-16,25H2,1-3H3. The number of carbonyl (C=O) groups excluding carboxylic acids is 4. The quantitative estimate of drug-likeness (QED) is 0.435. The van der Waals surface area contributed by atoms with Crippen molar-refractivity contribution in [3.8, 4) is 0 Å². The lowest BCUT2D eigenvalue weighted by Gasteiger charge is -2.30. The predicted molar refractivity (Wildman–Crippen MR) is 126 cm³/mol. The van der Waals surface area contributed by atoms with Gasteiger partial charge in [0.2, 0.25) is 0 Å². The number of ketones is 2. The molecule has 4 rings (SSSR count). The first-order valence-electron chi connectivity index (χ1n) is 12.9. The molecule has 4 heterocycles. The molecule has 0 saturated carbocycles. The second-order valence-electron chi connectivity index (χ2n) is 10.6. The van der Waals surface area contributed by atoms with Crippen LogP contribution in [0.15, 0.2) is 0 Å². The zero-order chi connectivity index (χ0) is 24.7. The zero-order valence-corrected chi connectivity index (χ0v) is 20.8. The van der Waals surface area contributed by atoms with Gasteiger partial charge in [0, 0.05) is 26.2 Å². The largest absolute Gasteiger partial charge is 0.316 e. The van der Waals surface area contributed by atoms with Crippen LogP contribution < -0.4 is 11.1 Å². The van der Waals surface area contributed by atoms with Gasteiger partial charge < -0.3 is 5.73 Å². The zero-order valence-electron chi connectivity index (χ0n) is 20.8. The highest BCUT2D eigenvalue weighted by Crippen LogP contribution is 2.35. The lowest BCUT2D eigenvalue weighted by molar-refractivity contribution is -0.146. The van der Waals surface area contributed by atoms with E-state index in [9.17, 15) is 19.2 Å². The first-order chi connectivity index (χ1) is 16.2. The third-order valence-electron chi connectivity index (χ3n) is 8.07. The van der Waals surface area contributed by atoms with Crippen LogP contribution in [-0.2, 0) is 19.2 Å². The molecular weight excluding hydrogens is 436 g/mol. The first kappa shape index (κ1) is 25.2. The molecule has 190 valence electrons. The second kappa shape index (κ2) is 9.64. The fourth-order valence-electron chi connectivity index (χ4n) is 6.08. The van der Waals surface area contributed by atoms with Crippen molar-refractivity contribution < 1.29 is 19.2 Å². The smallest absolute Gasteiger partial charge is 0.259 e. The van der Waals surface area contributed by atoms with Gasteiger partial charge in [-0.1, -0.05) is 39.5 Å². The van der Waals surface area contributed by atoms with E-state index in [1.165, 1.54) is 6.92 Å². The molecule has 4 fully saturated rings. The fraction of sp³-hybridized carbons (Fsp3) is 0.833. The van der Waals surface area contributed by atoms with E-state index in [4.69, 9.17) is 5.73 Å². The molecule has 0 spiro atoms. The molecule has 4 aliphatic heterocycles. The van der Waals surface area contributed by atoms with Crippen LogP contribution in [0.3, 0.4) is 0 Å². The maximum Gasteiger partial charge on any atom is 0.259 e. The van der Waals surface area contributed by atoms with Gasteiger partial charge in [0.25, 0.3) is 11.8 Å². The fourth-order valence-corrected chi connectivity index (χ4v) is 6.08. The number of carbonyl (C=O) groups is 4. The van der Waals surface area contributed by atoms with Crippen molar-refractivity contribution in [2.45, 2.75) is 95.3 Å². The minimum atomic E-state index is -0.925. The van der Waals surface area contributed by atoms with Gasteiger partial charge in [-0.2, -0.15) is 0 Å². The molecule has 4 saturated heterocycles. The van der Waals surface area contributed by atoms with Gasteiger partial charge in [-0.25, -0.2) is 10.0 Å². The number of amides is 2. The molecule has 34 heavy (non-hydrogen) atoms. The Balaban J connectivity index is 1.45. The van der Waals surface area contributed by atoms with Crippen molar-refractivity contribution in [2.24, 2.45) is 5.73 Å². The van der Waals surface area contributed by atoms with Gasteiger partial charge in [-0.05, 0) is 32.6 Å². The average Bonchev–Trinajstić information content (AvgIpc) is 3.52. The molecule has 3 N–H and O–H groups in total. The van der Waals surface area contributed by atoms with E-state index in [0.717, 1.165) is 25.7 Å². The molecule has 0 aliphatic carbocycles. The van der Waals surface area contributed by atoms with Crippen molar-refractivity contribution in [1.29, 1.82) is 0 Å². The molecule has 10 heteroatoms. The third kappa shape index (κ3) is 4.19. The van der Waals surface area contributed by atoms with Crippen LogP contribution in [0, 0.1) is 0 Å². The number of Topliss-reactive ketones (excluding diaryl/α,β-unsaturated/α-hetero) is 2. The van der Waals surface area contributed by atoms with Gasteiger partial charge in [-0.15, -0.1) is 0 Å². The Kier molecular flexibility index (Phi) is 7.15. The number of unbranched alkanes of at least 4 members (excludes halogenated alkanes) is 2. The predicted octanol–water partition coefficient (Wildman–Crippen LogP) is 0.214. The van der Waals surface area contributed by atoms with Crippen molar-refractivity contribution >= 4 is 23.4 Å². The van der Waals surface area contributed by atoms with Crippen molar-refractivity contribution in [3.63, 3.8) is 0 Å². The first-order valence-corrected chi connectivity index (χ1v) is 12.9. The molecule has 4 aliphatic rings. The van der Waals surface area contributed by atoms with Crippen LogP contribution in [0.5, 0.6) is 0 Å². The highest BCUT2D eigenvalue weighted by molar-refractivity contribution is 5.97. The van der Waals surface area contributed by atoms with Crippen LogP contribution in [-0.4, -0.2) is 99.3 Å². The molecule has 0 aromatic heterocycles. The number of hydrazine groups is 2. The summed E-state index contributed by atoms with van der Waals surface area (Å²) in [7, 11) is 0. The van der Waals surface area contributed by atoms with Crippen molar-refractivity contribution in [3.05, 3.63) is 0 Å². The highest BCUT2D eigenvalue weighted by atomic mass is 16.2. The molecule has 0 aromatic rings. The van der Waals surface area contributed by atoms with E-state index >= 15 is 0 Å². The molecule has 4 atom stereocenters. The molecule has 4 unspecified atom stereocenters. The van der Waals surface area contributed by atoms with E-state index in [1.54, 1.807) is 10.0 Å². The minimum Gasteiger partial charge on any atom is -0.316 e. The number of fused-ring (bicyclic) bond motifs is 2. The van der Waals surface area contributed by atoms with Crippen LogP contribution in [0.2, 0.25) is 0 Å². The van der Waals surface area contributed by atoms with E-state index < -0.39 is 23.2 Å². The van der Waals surface area contributed by atoms with Crippen molar-refractivity contribution in [1.82, 2.24) is 25.4 Å². The van der Waals surface area contributed by atoms with E-state index in [0.29, 0.717) is 51.9 Å². The lowest BCUT2D eigenvalue weighted by Crippen LogP contribution is -2.58. The monoisotopic (exact) mass is 476 g/mol. The van der Waals surface area contributed by atoms with Crippen LogP contribution in [0.25, 0.3) is 0 Å². The highest BCUT2D eigenvalue weighted by Gasteiger charge is 2.57. The Bertz CT molecular complexity index is 851. The Hall–Kier alpha value is -1.88. The second-order valence-corrected chi connectivity index (χ2v) is 10.6. The topological polar surface area (TPSA) is 119 Å². The third-order valence-corrected chi connectivity index (χ3v) is 8.07. The van der Waals surface area contributed by atoms with Gasteiger partial charge >= 0.3 is 0 Å². The average molecular weight is 477 g/mol. The van der Waals surface area contributed by atoms with Crippen molar-refractivity contribution in [2.75, 3.05) is 32.7 Å². The molecular formula is C24H40N6O4. The normalized spacial score (nSPS) is 33.8. The van der Waals surface area contributed by atoms with E-state index in [1.807, 2.05) is 10.0 Å². The number of rotatable bonds is 11. The Morgan fingerprint density at radius 3 is 2.18 bits per heavy atom.